The van der Waals surface area contributed by atoms with Gasteiger partial charge in [0.25, 0.3) is 0 Å². The zero-order chi connectivity index (χ0) is 46.3. The van der Waals surface area contributed by atoms with E-state index in [-0.39, 0.29) is 12.5 Å². The first-order chi connectivity index (χ1) is 26.2. The van der Waals surface area contributed by atoms with Crippen LogP contribution in [0.2, 0.25) is 0 Å². The summed E-state index contributed by atoms with van der Waals surface area (Å²) in [5, 5.41) is 56.7. The van der Waals surface area contributed by atoms with Crippen LogP contribution in [0.3, 0.4) is 0 Å². The summed E-state index contributed by atoms with van der Waals surface area (Å²) >= 11 is 0. The van der Waals surface area contributed by atoms with Crippen LogP contribution in [0.4, 0.5) is 0 Å². The number of carbonyl (C=O) groups is 7. The average Bonchev–Trinajstić information content (AvgIpc) is 3.13. The van der Waals surface area contributed by atoms with Gasteiger partial charge in [0.2, 0.25) is 0 Å². The number of hydrogen-bond acceptors (Lipinski definition) is 16. The Morgan fingerprint density at radius 3 is 0.965 bits per heavy atom. The molecule has 0 aliphatic carbocycles. The molecule has 0 unspecified atom stereocenters. The van der Waals surface area contributed by atoms with Crippen molar-refractivity contribution in [2.45, 2.75) is 109 Å². The van der Waals surface area contributed by atoms with Crippen LogP contribution in [0.15, 0.2) is 30.3 Å². The minimum Gasteiger partial charge on any atom is -0.480 e. The topological polar surface area (TPSA) is 495 Å². The summed E-state index contributed by atoms with van der Waals surface area (Å²) in [5.74, 6) is -6.63. The van der Waals surface area contributed by atoms with E-state index in [0.29, 0.717) is 32.4 Å². The van der Waals surface area contributed by atoms with E-state index in [1.807, 2.05) is 30.3 Å². The van der Waals surface area contributed by atoms with Crippen molar-refractivity contribution in [3.05, 3.63) is 35.9 Å². The normalized spacial score (nSPS) is 12.7. The van der Waals surface area contributed by atoms with Gasteiger partial charge in [-0.25, -0.2) is 0 Å². The fourth-order valence-corrected chi connectivity index (χ4v) is 2.50. The van der Waals surface area contributed by atoms with Crippen LogP contribution in [0.5, 0.6) is 0 Å². The van der Waals surface area contributed by atoms with Gasteiger partial charge in [-0.1, -0.05) is 57.0 Å². The summed E-state index contributed by atoms with van der Waals surface area (Å²) < 4.78 is 0. The smallest absolute Gasteiger partial charge is 0.320 e. The average molecular weight is 828 g/mol. The molecule has 6 atom stereocenters. The molecular weight excluding hydrogens is 758 g/mol. The Bertz CT molecular complexity index is 1170. The number of carboxylic acid groups (broad SMARTS) is 7. The first-order valence-electron chi connectivity index (χ1n) is 17.4. The molecular formula is C34H69N9O14. The maximum atomic E-state index is 10.4. The maximum absolute atomic E-state index is 10.4. The second kappa shape index (κ2) is 42.3. The van der Waals surface area contributed by atoms with E-state index in [9.17, 15) is 33.6 Å². The Labute approximate surface area is 332 Å². The van der Waals surface area contributed by atoms with Crippen molar-refractivity contribution in [2.24, 2.45) is 57.5 Å². The molecule has 0 saturated heterocycles. The quantitative estimate of drug-likeness (QED) is 0.0687. The highest BCUT2D eigenvalue weighted by molar-refractivity contribution is 5.74. The van der Waals surface area contributed by atoms with Crippen LogP contribution in [0.25, 0.3) is 0 Å². The summed E-state index contributed by atoms with van der Waals surface area (Å²) in [4.78, 5) is 69.1. The van der Waals surface area contributed by atoms with Gasteiger partial charge < -0.3 is 87.3 Å². The van der Waals surface area contributed by atoms with Gasteiger partial charge in [0.05, 0.1) is 6.54 Å². The van der Waals surface area contributed by atoms with Crippen LogP contribution >= 0.6 is 0 Å². The van der Waals surface area contributed by atoms with Gasteiger partial charge >= 0.3 is 41.8 Å². The summed E-state index contributed by atoms with van der Waals surface area (Å²) in [6.45, 7) is 7.32. The van der Waals surface area contributed by atoms with Gasteiger partial charge in [-0.2, -0.15) is 0 Å². The van der Waals surface area contributed by atoms with Crippen LogP contribution in [0.1, 0.15) is 71.8 Å². The molecule has 23 heteroatoms. The number of hydrogen-bond donors (Lipinski definition) is 16. The molecule has 0 bridgehead atoms. The molecule has 1 rings (SSSR count). The lowest BCUT2D eigenvalue weighted by atomic mass is 10.1. The van der Waals surface area contributed by atoms with Crippen molar-refractivity contribution in [2.75, 3.05) is 19.6 Å². The number of nitrogens with two attached hydrogens (primary N) is 9. The molecule has 1 aromatic carbocycles. The first kappa shape index (κ1) is 64.1. The zero-order valence-electron chi connectivity index (χ0n) is 33.2. The van der Waals surface area contributed by atoms with Gasteiger partial charge in [0.15, 0.2) is 0 Å². The molecule has 0 spiro atoms. The Morgan fingerprint density at radius 2 is 0.789 bits per heavy atom. The van der Waals surface area contributed by atoms with Crippen LogP contribution in [-0.2, 0) is 40.0 Å². The number of aliphatic carboxylic acids is 7. The van der Waals surface area contributed by atoms with Crippen molar-refractivity contribution in [3.8, 4) is 0 Å². The molecule has 0 amide bonds. The standard InChI is InChI=1S/C9H11NO2.2C6H14N2O2.C5H11NO2.2C3H7NO2.C2H5NO2/c10-8(9(11)12)6-7-4-2-1-3-5-7;2*7-4-2-1-3-5(8)6(9)10;1-3(2)4(6)5(7)8;2*1-2(4)3(5)6;3-1-2(4)5/h1-5,8H,6,10H2,(H,11,12);2*5H,1-4,7-8H2,(H,9,10);3-4H,6H2,1-2H3,(H,7,8);2*2H,4H2,1H3,(H,5,6);1,3H2,(H,4,5)/t8-;2*5-;4-;2*2-;/m000000./s1. The van der Waals surface area contributed by atoms with E-state index in [4.69, 9.17) is 81.6 Å². The fraction of sp³-hybridized carbons (Fsp3) is 0.618. The molecule has 25 N–H and O–H groups in total. The van der Waals surface area contributed by atoms with Crippen molar-refractivity contribution in [3.63, 3.8) is 0 Å². The molecule has 0 saturated carbocycles. The molecule has 0 radical (unpaired) electrons. The second-order valence-electron chi connectivity index (χ2n) is 12.1. The van der Waals surface area contributed by atoms with Gasteiger partial charge in [-0.15, -0.1) is 0 Å². The van der Waals surface area contributed by atoms with Crippen LogP contribution < -0.4 is 51.6 Å². The SMILES string of the molecule is CC(C)[C@H](N)C(=O)O.C[C@H](N)C(=O)O.C[C@H](N)C(=O)O.NCC(=O)O.NCCCC[C@H](N)C(=O)O.NCCCC[C@H](N)C(=O)O.N[C@@H](Cc1ccccc1)C(=O)O. The Morgan fingerprint density at radius 1 is 0.491 bits per heavy atom. The number of benzene rings is 1. The number of unbranched alkanes of at least 4 members (excludes halogenated alkanes) is 2. The van der Waals surface area contributed by atoms with Crippen molar-refractivity contribution in [1.29, 1.82) is 0 Å². The van der Waals surface area contributed by atoms with Crippen molar-refractivity contribution in [1.82, 2.24) is 0 Å². The summed E-state index contributed by atoms with van der Waals surface area (Å²) in [5.41, 5.74) is 46.5. The lowest BCUT2D eigenvalue weighted by Crippen LogP contribution is -2.34. The van der Waals surface area contributed by atoms with Crippen molar-refractivity contribution >= 4 is 41.8 Å². The molecule has 0 heterocycles. The minimum absolute atomic E-state index is 0.0208. The predicted molar refractivity (Wildman–Crippen MR) is 213 cm³/mol. The molecule has 1 aromatic rings. The number of rotatable bonds is 18. The highest BCUT2D eigenvalue weighted by atomic mass is 16.4. The highest BCUT2D eigenvalue weighted by Gasteiger charge is 2.14. The second-order valence-corrected chi connectivity index (χ2v) is 12.1. The summed E-state index contributed by atoms with van der Waals surface area (Å²) in [6.07, 6.45) is 4.71. The molecule has 0 aromatic heterocycles. The van der Waals surface area contributed by atoms with E-state index >= 15 is 0 Å². The van der Waals surface area contributed by atoms with E-state index in [0.717, 1.165) is 31.2 Å². The Hall–Kier alpha value is -4.85. The van der Waals surface area contributed by atoms with Gasteiger partial charge in [0, 0.05) is 0 Å². The third kappa shape index (κ3) is 55.6. The lowest BCUT2D eigenvalue weighted by molar-refractivity contribution is -0.140. The third-order valence-electron chi connectivity index (χ3n) is 6.15. The number of carboxylic acids is 7. The fourth-order valence-electron chi connectivity index (χ4n) is 2.50. The molecule has 0 aliphatic heterocycles. The van der Waals surface area contributed by atoms with E-state index in [1.54, 1.807) is 13.8 Å². The van der Waals surface area contributed by atoms with Gasteiger partial charge in [0.1, 0.15) is 36.3 Å². The highest BCUT2D eigenvalue weighted by Crippen LogP contribution is 2.01. The zero-order valence-corrected chi connectivity index (χ0v) is 33.2. The van der Waals surface area contributed by atoms with Crippen molar-refractivity contribution < 1.29 is 69.3 Å². The Balaban J connectivity index is -0.000000136. The predicted octanol–water partition coefficient (Wildman–Crippen LogP) is -2.38. The molecule has 23 nitrogen and oxygen atoms in total. The van der Waals surface area contributed by atoms with E-state index in [2.05, 4.69) is 5.73 Å². The largest absolute Gasteiger partial charge is 0.480 e. The molecule has 334 valence electrons. The van der Waals surface area contributed by atoms with E-state index in [1.165, 1.54) is 13.8 Å². The lowest BCUT2D eigenvalue weighted by Gasteiger charge is -2.07. The molecule has 0 fully saturated rings. The minimum atomic E-state index is -0.968. The molecule has 57 heavy (non-hydrogen) atoms. The Kier molecular flexibility index (Phi) is 47.5. The van der Waals surface area contributed by atoms with Gasteiger partial charge in [-0.05, 0) is 70.5 Å². The summed E-state index contributed by atoms with van der Waals surface area (Å²) in [7, 11) is 0. The van der Waals surface area contributed by atoms with Crippen LogP contribution in [-0.4, -0.2) is 133 Å². The third-order valence-corrected chi connectivity index (χ3v) is 6.15. The summed E-state index contributed by atoms with van der Waals surface area (Å²) in [6, 6.07) is 4.94. The van der Waals surface area contributed by atoms with Crippen LogP contribution in [0, 0.1) is 5.92 Å². The van der Waals surface area contributed by atoms with Gasteiger partial charge in [-0.3, -0.25) is 33.6 Å². The maximum Gasteiger partial charge on any atom is 0.320 e. The van der Waals surface area contributed by atoms with E-state index < -0.39 is 78.0 Å². The molecule has 0 aliphatic rings. The first-order valence-corrected chi connectivity index (χ1v) is 17.4. The monoisotopic (exact) mass is 827 g/mol.